The number of carbonyl (C=O) groups is 1. The second-order valence-corrected chi connectivity index (χ2v) is 4.59. The van der Waals surface area contributed by atoms with Gasteiger partial charge in [0.25, 0.3) is 5.91 Å². The summed E-state index contributed by atoms with van der Waals surface area (Å²) in [5.74, 6) is 0.00151. The normalized spacial score (nSPS) is 21.3. The number of amides is 1. The van der Waals surface area contributed by atoms with Gasteiger partial charge in [0.1, 0.15) is 11.6 Å². The van der Waals surface area contributed by atoms with Gasteiger partial charge in [0.15, 0.2) is 0 Å². The maximum Gasteiger partial charge on any atom is 0.258 e. The van der Waals surface area contributed by atoms with E-state index in [2.05, 4.69) is 5.32 Å². The first-order chi connectivity index (χ1) is 9.08. The second-order valence-electron chi connectivity index (χ2n) is 4.59. The lowest BCUT2D eigenvalue weighted by Gasteiger charge is -2.36. The molecule has 3 rings (SSSR count). The Morgan fingerprint density at radius 3 is 2.53 bits per heavy atom. The van der Waals surface area contributed by atoms with Crippen molar-refractivity contribution in [2.45, 2.75) is 12.6 Å². The summed E-state index contributed by atoms with van der Waals surface area (Å²) in [6.07, 6.45) is 0. The predicted octanol–water partition coefficient (Wildman–Crippen LogP) is 2.82. The highest BCUT2D eigenvalue weighted by Gasteiger charge is 2.36. The molecule has 0 saturated heterocycles. The van der Waals surface area contributed by atoms with Crippen LogP contribution in [0.5, 0.6) is 5.75 Å². The number of ether oxygens (including phenoxy) is 1. The maximum absolute atomic E-state index is 13.0. The zero-order valence-corrected chi connectivity index (χ0v) is 10.3. The van der Waals surface area contributed by atoms with Gasteiger partial charge < -0.3 is 10.1 Å². The molecular formula is C15H12FNO2. The molecule has 2 aromatic carbocycles. The first kappa shape index (κ1) is 11.7. The van der Waals surface area contributed by atoms with Gasteiger partial charge in [-0.15, -0.1) is 0 Å². The number of hydrogen-bond acceptors (Lipinski definition) is 2. The number of para-hydroxylation sites is 1. The molecule has 0 unspecified atom stereocenters. The summed E-state index contributed by atoms with van der Waals surface area (Å²) < 4.78 is 18.8. The van der Waals surface area contributed by atoms with Gasteiger partial charge in [-0.05, 0) is 31.2 Å². The van der Waals surface area contributed by atoms with Crippen LogP contribution in [0.25, 0.3) is 0 Å². The van der Waals surface area contributed by atoms with Crippen molar-refractivity contribution < 1.29 is 13.9 Å². The molecule has 1 aliphatic heterocycles. The van der Waals surface area contributed by atoms with E-state index in [0.29, 0.717) is 16.9 Å². The topological polar surface area (TPSA) is 38.3 Å². The Bertz CT molecular complexity index is 639. The quantitative estimate of drug-likeness (QED) is 0.853. The molecule has 0 aliphatic carbocycles. The molecule has 1 amide bonds. The van der Waals surface area contributed by atoms with E-state index in [-0.39, 0.29) is 11.7 Å². The minimum atomic E-state index is -0.987. The van der Waals surface area contributed by atoms with Crippen molar-refractivity contribution in [3.05, 3.63) is 65.5 Å². The van der Waals surface area contributed by atoms with Gasteiger partial charge in [0, 0.05) is 5.56 Å². The fraction of sp³-hybridized carbons (Fsp3) is 0.133. The van der Waals surface area contributed by atoms with Crippen molar-refractivity contribution in [3.8, 4) is 5.75 Å². The monoisotopic (exact) mass is 257 g/mol. The summed E-state index contributed by atoms with van der Waals surface area (Å²) in [6.45, 7) is 1.74. The van der Waals surface area contributed by atoms with Crippen LogP contribution in [-0.4, -0.2) is 5.91 Å². The second kappa shape index (κ2) is 4.09. The van der Waals surface area contributed by atoms with Crippen LogP contribution in [0.2, 0.25) is 0 Å². The Morgan fingerprint density at radius 1 is 1.11 bits per heavy atom. The number of benzene rings is 2. The largest absolute Gasteiger partial charge is 0.463 e. The number of carbonyl (C=O) groups excluding carboxylic acids is 1. The van der Waals surface area contributed by atoms with Crippen LogP contribution in [-0.2, 0) is 5.72 Å². The minimum Gasteiger partial charge on any atom is -0.463 e. The van der Waals surface area contributed by atoms with Crippen LogP contribution < -0.4 is 10.1 Å². The first-order valence-electron chi connectivity index (χ1n) is 5.95. The van der Waals surface area contributed by atoms with E-state index in [1.807, 2.05) is 6.07 Å². The summed E-state index contributed by atoms with van der Waals surface area (Å²) in [6, 6.07) is 12.9. The lowest BCUT2D eigenvalue weighted by atomic mass is 10.0. The third-order valence-corrected chi connectivity index (χ3v) is 3.19. The molecule has 0 spiro atoms. The zero-order chi connectivity index (χ0) is 13.5. The van der Waals surface area contributed by atoms with Crippen molar-refractivity contribution in [1.29, 1.82) is 0 Å². The van der Waals surface area contributed by atoms with Crippen molar-refractivity contribution in [3.63, 3.8) is 0 Å². The molecule has 1 heterocycles. The molecule has 1 atom stereocenters. The lowest BCUT2D eigenvalue weighted by molar-refractivity contribution is 0.0289. The number of halogens is 1. The van der Waals surface area contributed by atoms with E-state index in [0.717, 1.165) is 0 Å². The molecule has 2 aromatic rings. The standard InChI is InChI=1S/C15H12FNO2/c1-15(10-6-8-11(16)9-7-10)17-14(18)12-4-2-3-5-13(12)19-15/h2-9H,1H3,(H,17,18)/t15-/m1/s1. The van der Waals surface area contributed by atoms with E-state index in [1.165, 1.54) is 12.1 Å². The summed E-state index contributed by atoms with van der Waals surface area (Å²) in [5.41, 5.74) is 0.206. The molecular weight excluding hydrogens is 245 g/mol. The first-order valence-corrected chi connectivity index (χ1v) is 5.95. The molecule has 96 valence electrons. The van der Waals surface area contributed by atoms with Crippen molar-refractivity contribution in [1.82, 2.24) is 5.32 Å². The molecule has 4 heteroatoms. The van der Waals surface area contributed by atoms with Gasteiger partial charge in [0.2, 0.25) is 5.72 Å². The Morgan fingerprint density at radius 2 is 1.79 bits per heavy atom. The molecule has 3 nitrogen and oxygen atoms in total. The Balaban J connectivity index is 2.04. The third kappa shape index (κ3) is 1.95. The zero-order valence-electron chi connectivity index (χ0n) is 10.3. The highest BCUT2D eigenvalue weighted by Crippen LogP contribution is 2.32. The van der Waals surface area contributed by atoms with E-state index >= 15 is 0 Å². The molecule has 0 bridgehead atoms. The van der Waals surface area contributed by atoms with E-state index in [4.69, 9.17) is 4.74 Å². The number of nitrogens with one attached hydrogen (secondary N) is 1. The van der Waals surface area contributed by atoms with Crippen LogP contribution in [0, 0.1) is 5.82 Å². The Kier molecular flexibility index (Phi) is 2.52. The van der Waals surface area contributed by atoms with Crippen LogP contribution in [0.3, 0.4) is 0 Å². The van der Waals surface area contributed by atoms with Gasteiger partial charge in [-0.3, -0.25) is 4.79 Å². The number of fused-ring (bicyclic) bond motifs is 1. The summed E-state index contributed by atoms with van der Waals surface area (Å²) in [5, 5.41) is 2.80. The molecule has 1 aliphatic rings. The van der Waals surface area contributed by atoms with Gasteiger partial charge >= 0.3 is 0 Å². The molecule has 1 N–H and O–H groups in total. The maximum atomic E-state index is 13.0. The average molecular weight is 257 g/mol. The highest BCUT2D eigenvalue weighted by molar-refractivity contribution is 5.98. The highest BCUT2D eigenvalue weighted by atomic mass is 19.1. The van der Waals surface area contributed by atoms with Gasteiger partial charge in [-0.2, -0.15) is 0 Å². The van der Waals surface area contributed by atoms with E-state index in [1.54, 1.807) is 37.3 Å². The fourth-order valence-electron chi connectivity index (χ4n) is 2.17. The molecule has 19 heavy (non-hydrogen) atoms. The smallest absolute Gasteiger partial charge is 0.258 e. The number of rotatable bonds is 1. The number of hydrogen-bond donors (Lipinski definition) is 1. The van der Waals surface area contributed by atoms with E-state index in [9.17, 15) is 9.18 Å². The van der Waals surface area contributed by atoms with Crippen LogP contribution in [0.1, 0.15) is 22.8 Å². The molecule has 0 radical (unpaired) electrons. The predicted molar refractivity (Wildman–Crippen MR) is 68.3 cm³/mol. The van der Waals surface area contributed by atoms with Crippen LogP contribution >= 0.6 is 0 Å². The SMILES string of the molecule is C[C@@]1(c2ccc(F)cc2)NC(=O)c2ccccc2O1. The van der Waals surface area contributed by atoms with Crippen LogP contribution in [0.15, 0.2) is 48.5 Å². The fourth-order valence-corrected chi connectivity index (χ4v) is 2.17. The third-order valence-electron chi connectivity index (χ3n) is 3.19. The van der Waals surface area contributed by atoms with E-state index < -0.39 is 5.72 Å². The molecule has 0 saturated carbocycles. The average Bonchev–Trinajstić information content (AvgIpc) is 2.39. The molecule has 0 fully saturated rings. The van der Waals surface area contributed by atoms with Crippen molar-refractivity contribution >= 4 is 5.91 Å². The Labute approximate surface area is 110 Å². The molecule has 0 aromatic heterocycles. The minimum absolute atomic E-state index is 0.200. The van der Waals surface area contributed by atoms with Gasteiger partial charge in [-0.25, -0.2) is 4.39 Å². The van der Waals surface area contributed by atoms with Crippen molar-refractivity contribution in [2.75, 3.05) is 0 Å². The van der Waals surface area contributed by atoms with Gasteiger partial charge in [-0.1, -0.05) is 24.3 Å². The summed E-state index contributed by atoms with van der Waals surface area (Å²) >= 11 is 0. The van der Waals surface area contributed by atoms with Crippen molar-refractivity contribution in [2.24, 2.45) is 0 Å². The lowest BCUT2D eigenvalue weighted by Crippen LogP contribution is -2.51. The summed E-state index contributed by atoms with van der Waals surface area (Å²) in [7, 11) is 0. The van der Waals surface area contributed by atoms with Crippen LogP contribution in [0.4, 0.5) is 4.39 Å². The summed E-state index contributed by atoms with van der Waals surface area (Å²) in [4.78, 5) is 12.1. The van der Waals surface area contributed by atoms with Gasteiger partial charge in [0.05, 0.1) is 5.56 Å². The Hall–Kier alpha value is -2.36.